The van der Waals surface area contributed by atoms with Gasteiger partial charge in [-0.3, -0.25) is 10.1 Å². The molecule has 2 aromatic carbocycles. The summed E-state index contributed by atoms with van der Waals surface area (Å²) in [6, 6.07) is 2.36. The molecule has 134 valence electrons. The highest BCUT2D eigenvalue weighted by Crippen LogP contribution is 2.44. The molecule has 5 nitrogen and oxygen atoms in total. The van der Waals surface area contributed by atoms with Gasteiger partial charge in [0, 0.05) is 11.6 Å². The van der Waals surface area contributed by atoms with Crippen molar-refractivity contribution in [2.45, 2.75) is 13.1 Å². The zero-order valence-electron chi connectivity index (χ0n) is 12.3. The zero-order chi connectivity index (χ0) is 19.1. The molecule has 2 aromatic rings. The number of hydrogen-bond donors (Lipinski definition) is 2. The summed E-state index contributed by atoms with van der Waals surface area (Å²) in [5.41, 5.74) is 4.15. The number of nitrogens with two attached hydrogens (primary N) is 1. The lowest BCUT2D eigenvalue weighted by Crippen LogP contribution is -2.07. The number of rotatable bonds is 3. The van der Waals surface area contributed by atoms with Gasteiger partial charge in [-0.25, -0.2) is 0 Å². The summed E-state index contributed by atoms with van der Waals surface area (Å²) in [5, 5.41) is 13.2. The number of nitrogen functional groups attached to an aromatic ring is 1. The van der Waals surface area contributed by atoms with E-state index in [1.54, 1.807) is 0 Å². The van der Waals surface area contributed by atoms with Crippen LogP contribution in [0.3, 0.4) is 0 Å². The van der Waals surface area contributed by atoms with Crippen molar-refractivity contribution in [1.82, 2.24) is 0 Å². The molecule has 0 fully saturated rings. The highest BCUT2D eigenvalue weighted by Gasteiger charge is 2.32. The van der Waals surface area contributed by atoms with E-state index >= 15 is 0 Å². The molecule has 0 heterocycles. The number of hydrogen-bond acceptors (Lipinski definition) is 4. The van der Waals surface area contributed by atoms with Crippen LogP contribution in [-0.4, -0.2) is 4.92 Å². The Kier molecular flexibility index (Phi) is 5.27. The fourth-order valence-electron chi connectivity index (χ4n) is 2.08. The number of alkyl halides is 3. The van der Waals surface area contributed by atoms with Crippen LogP contribution in [0, 0.1) is 17.0 Å². The van der Waals surface area contributed by atoms with Crippen molar-refractivity contribution in [2.24, 2.45) is 0 Å². The summed E-state index contributed by atoms with van der Waals surface area (Å²) < 4.78 is 38.3. The van der Waals surface area contributed by atoms with Gasteiger partial charge in [0.1, 0.15) is 5.69 Å². The van der Waals surface area contributed by atoms with Gasteiger partial charge >= 0.3 is 6.18 Å². The molecule has 0 saturated heterocycles. The first-order valence-electron chi connectivity index (χ1n) is 6.49. The SMILES string of the molecule is Cc1c(Cl)c(N)cc([N+](=O)[O-])c1Nc1c(Cl)cc(C(F)(F)F)cc1Cl. The molecule has 0 aliphatic rings. The van der Waals surface area contributed by atoms with Crippen LogP contribution in [0.4, 0.5) is 35.9 Å². The predicted octanol–water partition coefficient (Wildman–Crippen LogP) is 6.21. The quantitative estimate of drug-likeness (QED) is 0.355. The van der Waals surface area contributed by atoms with Gasteiger partial charge in [0.15, 0.2) is 0 Å². The fourth-order valence-corrected chi connectivity index (χ4v) is 2.81. The van der Waals surface area contributed by atoms with Gasteiger partial charge in [0.2, 0.25) is 0 Å². The Morgan fingerprint density at radius 1 is 1.12 bits per heavy atom. The molecule has 11 heteroatoms. The second kappa shape index (κ2) is 6.78. The third kappa shape index (κ3) is 3.86. The van der Waals surface area contributed by atoms with Crippen molar-refractivity contribution in [3.05, 3.63) is 54.5 Å². The smallest absolute Gasteiger partial charge is 0.397 e. The number of anilines is 3. The lowest BCUT2D eigenvalue weighted by Gasteiger charge is -2.16. The maximum atomic E-state index is 12.8. The monoisotopic (exact) mass is 413 g/mol. The number of nitro groups is 1. The Balaban J connectivity index is 2.62. The second-order valence-corrected chi connectivity index (χ2v) is 6.19. The number of halogens is 6. The van der Waals surface area contributed by atoms with Gasteiger partial charge in [-0.1, -0.05) is 34.8 Å². The molecule has 0 bridgehead atoms. The molecule has 0 unspecified atom stereocenters. The number of nitrogens with zero attached hydrogens (tertiary/aromatic N) is 1. The minimum atomic E-state index is -4.64. The molecule has 25 heavy (non-hydrogen) atoms. The van der Waals surface area contributed by atoms with Crippen LogP contribution < -0.4 is 11.1 Å². The van der Waals surface area contributed by atoms with Crippen LogP contribution in [0.15, 0.2) is 18.2 Å². The molecule has 2 rings (SSSR count). The van der Waals surface area contributed by atoms with Gasteiger partial charge < -0.3 is 11.1 Å². The van der Waals surface area contributed by atoms with Crippen LogP contribution in [-0.2, 0) is 6.18 Å². The molecule has 0 aromatic heterocycles. The summed E-state index contributed by atoms with van der Waals surface area (Å²) in [5.74, 6) is 0. The Bertz CT molecular complexity index is 850. The van der Waals surface area contributed by atoms with E-state index in [9.17, 15) is 23.3 Å². The number of nitrogens with one attached hydrogen (secondary N) is 1. The minimum Gasteiger partial charge on any atom is -0.397 e. The Morgan fingerprint density at radius 2 is 1.64 bits per heavy atom. The van der Waals surface area contributed by atoms with E-state index in [0.717, 1.165) is 6.07 Å². The van der Waals surface area contributed by atoms with Crippen LogP contribution in [0.25, 0.3) is 0 Å². The lowest BCUT2D eigenvalue weighted by molar-refractivity contribution is -0.383. The molecule has 0 saturated carbocycles. The first-order valence-corrected chi connectivity index (χ1v) is 7.63. The van der Waals surface area contributed by atoms with Crippen molar-refractivity contribution in [3.8, 4) is 0 Å². The zero-order valence-corrected chi connectivity index (χ0v) is 14.6. The van der Waals surface area contributed by atoms with Crippen LogP contribution in [0.2, 0.25) is 15.1 Å². The molecule has 0 aliphatic heterocycles. The molecule has 0 aliphatic carbocycles. The van der Waals surface area contributed by atoms with Gasteiger partial charge in [-0.05, 0) is 19.1 Å². The maximum Gasteiger partial charge on any atom is 0.416 e. The van der Waals surface area contributed by atoms with E-state index in [0.29, 0.717) is 12.1 Å². The topological polar surface area (TPSA) is 81.2 Å². The molecular weight excluding hydrogens is 406 g/mol. The maximum absolute atomic E-state index is 12.8. The third-order valence-electron chi connectivity index (χ3n) is 3.32. The van der Waals surface area contributed by atoms with E-state index in [-0.39, 0.29) is 37.7 Å². The summed E-state index contributed by atoms with van der Waals surface area (Å²) in [6.45, 7) is 1.46. The number of nitro benzene ring substituents is 1. The van der Waals surface area contributed by atoms with E-state index in [4.69, 9.17) is 40.5 Å². The summed E-state index contributed by atoms with van der Waals surface area (Å²) in [7, 11) is 0. The van der Waals surface area contributed by atoms with E-state index in [2.05, 4.69) is 5.32 Å². The van der Waals surface area contributed by atoms with Gasteiger partial charge in [-0.2, -0.15) is 13.2 Å². The molecule has 3 N–H and O–H groups in total. The molecule has 0 spiro atoms. The normalized spacial score (nSPS) is 11.5. The summed E-state index contributed by atoms with van der Waals surface area (Å²) in [4.78, 5) is 10.5. The lowest BCUT2D eigenvalue weighted by atomic mass is 10.1. The number of benzene rings is 2. The Labute approximate surface area is 154 Å². The molecule has 0 radical (unpaired) electrons. The summed E-state index contributed by atoms with van der Waals surface area (Å²) >= 11 is 17.7. The second-order valence-electron chi connectivity index (χ2n) is 4.99. The van der Waals surface area contributed by atoms with E-state index < -0.39 is 22.4 Å². The third-order valence-corrected chi connectivity index (χ3v) is 4.42. The predicted molar refractivity (Wildman–Crippen MR) is 92.0 cm³/mol. The van der Waals surface area contributed by atoms with Crippen LogP contribution in [0.5, 0.6) is 0 Å². The van der Waals surface area contributed by atoms with Crippen LogP contribution in [0.1, 0.15) is 11.1 Å². The average Bonchev–Trinajstić information content (AvgIpc) is 2.48. The van der Waals surface area contributed by atoms with Crippen molar-refractivity contribution in [2.75, 3.05) is 11.1 Å². The van der Waals surface area contributed by atoms with Crippen molar-refractivity contribution in [1.29, 1.82) is 0 Å². The summed E-state index contributed by atoms with van der Waals surface area (Å²) in [6.07, 6.45) is -4.64. The Hall–Kier alpha value is -1.90. The Morgan fingerprint density at radius 3 is 2.08 bits per heavy atom. The van der Waals surface area contributed by atoms with Crippen molar-refractivity contribution < 1.29 is 18.1 Å². The van der Waals surface area contributed by atoms with E-state index in [1.807, 2.05) is 0 Å². The highest BCUT2D eigenvalue weighted by molar-refractivity contribution is 6.39. The molecular formula is C14H9Cl3F3N3O2. The highest BCUT2D eigenvalue weighted by atomic mass is 35.5. The van der Waals surface area contributed by atoms with Crippen molar-refractivity contribution in [3.63, 3.8) is 0 Å². The van der Waals surface area contributed by atoms with Crippen molar-refractivity contribution >= 4 is 57.6 Å². The largest absolute Gasteiger partial charge is 0.416 e. The minimum absolute atomic E-state index is 0.0129. The first kappa shape index (κ1) is 19.4. The first-order chi connectivity index (χ1) is 11.4. The van der Waals surface area contributed by atoms with Gasteiger partial charge in [0.25, 0.3) is 5.69 Å². The molecule has 0 amide bonds. The van der Waals surface area contributed by atoms with Crippen LogP contribution >= 0.6 is 34.8 Å². The van der Waals surface area contributed by atoms with Gasteiger partial charge in [-0.15, -0.1) is 0 Å². The fraction of sp³-hybridized carbons (Fsp3) is 0.143. The van der Waals surface area contributed by atoms with E-state index in [1.165, 1.54) is 6.92 Å². The average molecular weight is 415 g/mol. The van der Waals surface area contributed by atoms with Gasteiger partial charge in [0.05, 0.1) is 36.9 Å². The standard InChI is InChI=1S/C14H9Cl3F3N3O2/c1-5-11(17)9(21)4-10(23(24)25)12(5)22-13-7(15)2-6(3-8(13)16)14(18,19)20/h2-4,22H,21H2,1H3. The molecule has 0 atom stereocenters.